The molecule has 0 amide bonds. The molecule has 0 aliphatic carbocycles. The molecule has 2 heteroatoms. The van der Waals surface area contributed by atoms with Crippen molar-refractivity contribution in [3.63, 3.8) is 0 Å². The van der Waals surface area contributed by atoms with Crippen LogP contribution in [0.25, 0.3) is 11.1 Å². The number of hydrogen-bond acceptors (Lipinski definition) is 2. The molecule has 82 valence electrons. The number of nitrogens with zero attached hydrogens (tertiary/aromatic N) is 2. The van der Waals surface area contributed by atoms with Gasteiger partial charge >= 0.3 is 0 Å². The van der Waals surface area contributed by atoms with Crippen LogP contribution in [-0.2, 0) is 0 Å². The highest BCUT2D eigenvalue weighted by atomic mass is 14.8. The Bertz CT molecular complexity index is 490. The number of benzene rings is 1. The molecule has 0 aliphatic heterocycles. The van der Waals surface area contributed by atoms with E-state index < -0.39 is 0 Å². The minimum absolute atomic E-state index is 1.10. The quantitative estimate of drug-likeness (QED) is 0.724. The zero-order chi connectivity index (χ0) is 11.7. The molecular formula is C14H16N2. The third-order valence-electron chi connectivity index (χ3n) is 3.22. The Kier molecular flexibility index (Phi) is 2.73. The minimum Gasteiger partial charge on any atom is -0.244 e. The van der Waals surface area contributed by atoms with Crippen LogP contribution in [0.1, 0.15) is 22.3 Å². The lowest BCUT2D eigenvalue weighted by Gasteiger charge is -2.14. The van der Waals surface area contributed by atoms with Crippen molar-refractivity contribution in [2.45, 2.75) is 27.7 Å². The second kappa shape index (κ2) is 4.05. The van der Waals surface area contributed by atoms with Gasteiger partial charge in [-0.15, -0.1) is 0 Å². The second-order valence-electron chi connectivity index (χ2n) is 4.26. The lowest BCUT2D eigenvalue weighted by molar-refractivity contribution is 1.16. The molecular weight excluding hydrogens is 196 g/mol. The third-order valence-corrected chi connectivity index (χ3v) is 3.22. The molecule has 0 N–H and O–H groups in total. The summed E-state index contributed by atoms with van der Waals surface area (Å²) in [5, 5.41) is 0. The minimum atomic E-state index is 1.10. The molecule has 0 saturated heterocycles. The van der Waals surface area contributed by atoms with E-state index in [0.717, 1.165) is 5.56 Å². The van der Waals surface area contributed by atoms with Gasteiger partial charge in [0.1, 0.15) is 6.33 Å². The average molecular weight is 212 g/mol. The van der Waals surface area contributed by atoms with Gasteiger partial charge in [-0.05, 0) is 55.5 Å². The van der Waals surface area contributed by atoms with Gasteiger partial charge in [0, 0.05) is 18.0 Å². The van der Waals surface area contributed by atoms with Crippen molar-refractivity contribution >= 4 is 0 Å². The monoisotopic (exact) mass is 212 g/mol. The molecule has 0 saturated carbocycles. The second-order valence-corrected chi connectivity index (χ2v) is 4.26. The molecule has 0 bridgehead atoms. The highest BCUT2D eigenvalue weighted by molar-refractivity contribution is 5.72. The van der Waals surface area contributed by atoms with Crippen LogP contribution < -0.4 is 0 Å². The van der Waals surface area contributed by atoms with Crippen molar-refractivity contribution in [2.24, 2.45) is 0 Å². The summed E-state index contributed by atoms with van der Waals surface area (Å²) in [7, 11) is 0. The van der Waals surface area contributed by atoms with Gasteiger partial charge in [-0.1, -0.05) is 6.07 Å². The smallest absolute Gasteiger partial charge is 0.115 e. The van der Waals surface area contributed by atoms with Crippen LogP contribution in [-0.4, -0.2) is 9.97 Å². The van der Waals surface area contributed by atoms with Crippen molar-refractivity contribution in [3.05, 3.63) is 47.0 Å². The first kappa shape index (κ1) is 10.8. The summed E-state index contributed by atoms with van der Waals surface area (Å²) in [4.78, 5) is 8.18. The molecule has 0 radical (unpaired) electrons. The van der Waals surface area contributed by atoms with Crippen molar-refractivity contribution in [1.82, 2.24) is 9.97 Å². The predicted octanol–water partition coefficient (Wildman–Crippen LogP) is 3.38. The Morgan fingerprint density at radius 1 is 0.812 bits per heavy atom. The van der Waals surface area contributed by atoms with Crippen molar-refractivity contribution in [1.29, 1.82) is 0 Å². The molecule has 2 rings (SSSR count). The Morgan fingerprint density at radius 3 is 1.81 bits per heavy atom. The van der Waals surface area contributed by atoms with Gasteiger partial charge in [0.05, 0.1) is 0 Å². The Morgan fingerprint density at radius 2 is 1.31 bits per heavy atom. The molecule has 1 aromatic heterocycles. The molecule has 0 fully saturated rings. The fourth-order valence-corrected chi connectivity index (χ4v) is 2.08. The fourth-order valence-electron chi connectivity index (χ4n) is 2.08. The summed E-state index contributed by atoms with van der Waals surface area (Å²) in [5.74, 6) is 0. The molecule has 2 aromatic rings. The first-order chi connectivity index (χ1) is 7.61. The van der Waals surface area contributed by atoms with Gasteiger partial charge < -0.3 is 0 Å². The summed E-state index contributed by atoms with van der Waals surface area (Å²) in [6.45, 7) is 8.61. The van der Waals surface area contributed by atoms with Gasteiger partial charge in [0.15, 0.2) is 0 Å². The zero-order valence-electron chi connectivity index (χ0n) is 10.2. The highest BCUT2D eigenvalue weighted by Crippen LogP contribution is 2.30. The van der Waals surface area contributed by atoms with E-state index in [4.69, 9.17) is 0 Å². The molecule has 16 heavy (non-hydrogen) atoms. The van der Waals surface area contributed by atoms with Gasteiger partial charge in [-0.25, -0.2) is 9.97 Å². The van der Waals surface area contributed by atoms with E-state index in [1.807, 2.05) is 12.4 Å². The van der Waals surface area contributed by atoms with Gasteiger partial charge in [0.2, 0.25) is 0 Å². The summed E-state index contributed by atoms with van der Waals surface area (Å²) in [6, 6.07) is 2.23. The van der Waals surface area contributed by atoms with Crippen LogP contribution in [0.5, 0.6) is 0 Å². The summed E-state index contributed by atoms with van der Waals surface area (Å²) in [6.07, 6.45) is 5.32. The Balaban J connectivity index is 2.74. The topological polar surface area (TPSA) is 25.8 Å². The number of hydrogen-bond donors (Lipinski definition) is 0. The lowest BCUT2D eigenvalue weighted by Crippen LogP contribution is -1.95. The molecule has 1 heterocycles. The molecule has 0 spiro atoms. The first-order valence-corrected chi connectivity index (χ1v) is 5.44. The Labute approximate surface area is 96.4 Å². The predicted molar refractivity (Wildman–Crippen MR) is 66.4 cm³/mol. The number of rotatable bonds is 1. The maximum atomic E-state index is 4.09. The molecule has 1 aromatic carbocycles. The molecule has 0 unspecified atom stereocenters. The van der Waals surface area contributed by atoms with Crippen molar-refractivity contribution in [2.75, 3.05) is 0 Å². The SMILES string of the molecule is Cc1cc(C)c(C)c(-c2cncnc2)c1C. The van der Waals surface area contributed by atoms with E-state index >= 15 is 0 Å². The largest absolute Gasteiger partial charge is 0.244 e. The van der Waals surface area contributed by atoms with Gasteiger partial charge in [-0.2, -0.15) is 0 Å². The van der Waals surface area contributed by atoms with Crippen LogP contribution in [0.3, 0.4) is 0 Å². The zero-order valence-corrected chi connectivity index (χ0v) is 10.2. The first-order valence-electron chi connectivity index (χ1n) is 5.44. The van der Waals surface area contributed by atoms with E-state index in [-0.39, 0.29) is 0 Å². The van der Waals surface area contributed by atoms with E-state index in [0.29, 0.717) is 0 Å². The fraction of sp³-hybridized carbons (Fsp3) is 0.286. The van der Waals surface area contributed by atoms with E-state index in [1.165, 1.54) is 27.8 Å². The lowest BCUT2D eigenvalue weighted by atomic mass is 9.91. The van der Waals surface area contributed by atoms with Crippen LogP contribution >= 0.6 is 0 Å². The van der Waals surface area contributed by atoms with Crippen LogP contribution in [0.2, 0.25) is 0 Å². The van der Waals surface area contributed by atoms with Gasteiger partial charge in [0.25, 0.3) is 0 Å². The molecule has 0 atom stereocenters. The summed E-state index contributed by atoms with van der Waals surface area (Å²) >= 11 is 0. The standard InChI is InChI=1S/C14H16N2/c1-9-5-10(2)12(4)14(11(9)3)13-6-15-8-16-7-13/h5-8H,1-4H3. The maximum absolute atomic E-state index is 4.09. The van der Waals surface area contributed by atoms with Crippen LogP contribution in [0.4, 0.5) is 0 Å². The Hall–Kier alpha value is -1.70. The highest BCUT2D eigenvalue weighted by Gasteiger charge is 2.10. The van der Waals surface area contributed by atoms with Crippen molar-refractivity contribution < 1.29 is 0 Å². The maximum Gasteiger partial charge on any atom is 0.115 e. The van der Waals surface area contributed by atoms with E-state index in [9.17, 15) is 0 Å². The van der Waals surface area contributed by atoms with Crippen LogP contribution in [0.15, 0.2) is 24.8 Å². The number of aromatic nitrogens is 2. The molecule has 0 aliphatic rings. The summed E-state index contributed by atoms with van der Waals surface area (Å²) < 4.78 is 0. The average Bonchev–Trinajstić information content (AvgIpc) is 2.28. The normalized spacial score (nSPS) is 10.5. The van der Waals surface area contributed by atoms with Gasteiger partial charge in [-0.3, -0.25) is 0 Å². The third kappa shape index (κ3) is 1.71. The van der Waals surface area contributed by atoms with E-state index in [1.54, 1.807) is 6.33 Å². The number of aryl methyl sites for hydroxylation is 2. The summed E-state index contributed by atoms with van der Waals surface area (Å²) in [5.41, 5.74) is 7.65. The van der Waals surface area contributed by atoms with Crippen molar-refractivity contribution in [3.8, 4) is 11.1 Å². The van der Waals surface area contributed by atoms with Crippen LogP contribution in [0, 0.1) is 27.7 Å². The molecule has 2 nitrogen and oxygen atoms in total. The van der Waals surface area contributed by atoms with E-state index in [2.05, 4.69) is 43.7 Å².